The number of thioether (sulfide) groups is 1. The molecule has 3 nitrogen and oxygen atoms in total. The minimum atomic E-state index is -0.388. The Morgan fingerprint density at radius 3 is 1.19 bits per heavy atom. The van der Waals surface area contributed by atoms with E-state index in [-0.39, 0.29) is 30.0 Å². The summed E-state index contributed by atoms with van der Waals surface area (Å²) >= 11 is 1.61. The highest BCUT2D eigenvalue weighted by Crippen LogP contribution is 2.38. The fourth-order valence-corrected chi connectivity index (χ4v) is 11.3. The Kier molecular flexibility index (Phi) is 29.9. The number of amides is 2. The molecule has 58 heavy (non-hydrogen) atoms. The number of nitrogens with zero attached hydrogens (tertiary/aromatic N) is 1. The van der Waals surface area contributed by atoms with Gasteiger partial charge in [0.25, 0.3) is 0 Å². The SMILES string of the molecule is C.CC(C)(C)CSSC(C)(C)C.CC(C)(C)c1ccccc1.CC(C)(C)c1ccccc1.CC(C)CSC1CC(=O)N(C(C)(C)C)C1=O.CC(C)CSSC(C)(C)C. The van der Waals surface area contributed by atoms with Gasteiger partial charge in [-0.05, 0) is 65.7 Å². The standard InChI is InChI=1S/C12H21NO2S.2C10H14.C9H20S2.C8H18S2.CH4/c1-8(2)7-16-9-6-10(14)13(11(9)15)12(3,4)5;2*1-10(2,3)9-7-5-4-6-8-9;1-8(2,3)7-10-11-9(4,5)6;1-7(2)6-9-10-8(3,4)5;/h8-9H,6-7H2,1-5H3;2*4-8H,1-3H3;7H2,1-6H3;7H,6H2,1-5H3;1H4. The van der Waals surface area contributed by atoms with Gasteiger partial charge in [0.15, 0.2) is 0 Å². The van der Waals surface area contributed by atoms with Gasteiger partial charge in [0.1, 0.15) is 0 Å². The fourth-order valence-electron chi connectivity index (χ4n) is 4.35. The summed E-state index contributed by atoms with van der Waals surface area (Å²) in [4.78, 5) is 25.3. The molecule has 0 aromatic heterocycles. The molecule has 3 rings (SSSR count). The van der Waals surface area contributed by atoms with Gasteiger partial charge in [0.2, 0.25) is 11.8 Å². The van der Waals surface area contributed by atoms with Crippen molar-refractivity contribution in [3.63, 3.8) is 0 Å². The molecule has 1 saturated heterocycles. The average Bonchev–Trinajstić information content (AvgIpc) is 3.32. The van der Waals surface area contributed by atoms with Gasteiger partial charge in [-0.3, -0.25) is 14.5 Å². The molecule has 1 heterocycles. The lowest BCUT2D eigenvalue weighted by Gasteiger charge is -2.30. The highest BCUT2D eigenvalue weighted by atomic mass is 33.1. The van der Waals surface area contributed by atoms with Crippen molar-refractivity contribution in [2.24, 2.45) is 17.3 Å². The second-order valence-corrected chi connectivity index (χ2v) is 29.3. The molecule has 0 N–H and O–H groups in total. The molecular formula is C50H91NO2S5. The van der Waals surface area contributed by atoms with Crippen LogP contribution in [0.15, 0.2) is 60.7 Å². The number of hydrogen-bond donors (Lipinski definition) is 0. The van der Waals surface area contributed by atoms with Gasteiger partial charge >= 0.3 is 0 Å². The van der Waals surface area contributed by atoms with Gasteiger partial charge in [-0.1, -0.05) is 243 Å². The Hall–Kier alpha value is -0.670. The van der Waals surface area contributed by atoms with Gasteiger partial charge in [-0.25, -0.2) is 0 Å². The maximum absolute atomic E-state index is 12.1. The third kappa shape index (κ3) is 34.0. The quantitative estimate of drug-likeness (QED) is 0.193. The molecule has 2 aromatic rings. The second kappa shape index (κ2) is 28.1. The Labute approximate surface area is 382 Å². The smallest absolute Gasteiger partial charge is 0.243 e. The minimum Gasteiger partial charge on any atom is -0.276 e. The van der Waals surface area contributed by atoms with Crippen molar-refractivity contribution in [1.82, 2.24) is 4.90 Å². The lowest BCUT2D eigenvalue weighted by molar-refractivity contribution is -0.143. The summed E-state index contributed by atoms with van der Waals surface area (Å²) < 4.78 is 0.815. The van der Waals surface area contributed by atoms with E-state index in [1.807, 2.05) is 63.9 Å². The first-order valence-electron chi connectivity index (χ1n) is 20.8. The Balaban J connectivity index is -0.000000659. The summed E-state index contributed by atoms with van der Waals surface area (Å²) in [6.45, 7) is 48.2. The van der Waals surface area contributed by atoms with Gasteiger partial charge in [0.05, 0.1) is 5.25 Å². The van der Waals surface area contributed by atoms with E-state index in [9.17, 15) is 9.59 Å². The topological polar surface area (TPSA) is 37.4 Å². The Morgan fingerprint density at radius 1 is 0.569 bits per heavy atom. The average molecular weight is 899 g/mol. The molecule has 2 aromatic carbocycles. The van der Waals surface area contributed by atoms with E-state index in [0.29, 0.717) is 38.1 Å². The number of imide groups is 1. The van der Waals surface area contributed by atoms with Gasteiger partial charge in [0, 0.05) is 33.0 Å². The molecule has 1 unspecified atom stereocenters. The first-order chi connectivity index (χ1) is 25.6. The van der Waals surface area contributed by atoms with Gasteiger partial charge in [-0.15, -0.1) is 11.8 Å². The van der Waals surface area contributed by atoms with E-state index < -0.39 is 0 Å². The molecule has 0 saturated carbocycles. The maximum Gasteiger partial charge on any atom is 0.243 e. The van der Waals surface area contributed by atoms with Crippen LogP contribution in [0.1, 0.15) is 177 Å². The molecule has 0 radical (unpaired) electrons. The van der Waals surface area contributed by atoms with Gasteiger partial charge in [-0.2, -0.15) is 0 Å². The lowest BCUT2D eigenvalue weighted by atomic mass is 9.87. The minimum absolute atomic E-state index is 0. The lowest BCUT2D eigenvalue weighted by Crippen LogP contribution is -2.45. The molecule has 0 spiro atoms. The van der Waals surface area contributed by atoms with Crippen LogP contribution in [0.5, 0.6) is 0 Å². The number of likely N-dealkylation sites (tertiary alicyclic amines) is 1. The van der Waals surface area contributed by atoms with Crippen LogP contribution in [-0.4, -0.2) is 54.3 Å². The predicted molar refractivity (Wildman–Crippen MR) is 278 cm³/mol. The number of carbonyl (C=O) groups excluding carboxylic acids is 2. The Morgan fingerprint density at radius 2 is 0.931 bits per heavy atom. The molecule has 8 heteroatoms. The van der Waals surface area contributed by atoms with Crippen molar-refractivity contribution in [3.05, 3.63) is 71.8 Å². The molecule has 2 amide bonds. The van der Waals surface area contributed by atoms with Crippen LogP contribution in [0.4, 0.5) is 0 Å². The van der Waals surface area contributed by atoms with E-state index in [1.54, 1.807) is 11.8 Å². The molecule has 1 atom stereocenters. The predicted octanol–water partition coefficient (Wildman–Crippen LogP) is 16.9. The molecule has 338 valence electrons. The van der Waals surface area contributed by atoms with Crippen LogP contribution in [0, 0.1) is 17.3 Å². The second-order valence-electron chi connectivity index (χ2n) is 21.8. The van der Waals surface area contributed by atoms with Crippen molar-refractivity contribution in [2.75, 3.05) is 17.3 Å². The van der Waals surface area contributed by atoms with Crippen LogP contribution < -0.4 is 0 Å². The number of rotatable bonds is 8. The highest BCUT2D eigenvalue weighted by Gasteiger charge is 2.44. The van der Waals surface area contributed by atoms with Crippen LogP contribution in [0.2, 0.25) is 0 Å². The van der Waals surface area contributed by atoms with Crippen LogP contribution in [-0.2, 0) is 20.4 Å². The third-order valence-electron chi connectivity index (χ3n) is 7.20. The van der Waals surface area contributed by atoms with Crippen LogP contribution >= 0.6 is 54.9 Å². The first kappa shape index (κ1) is 61.6. The van der Waals surface area contributed by atoms with Crippen molar-refractivity contribution < 1.29 is 9.59 Å². The van der Waals surface area contributed by atoms with Crippen molar-refractivity contribution >= 4 is 66.8 Å². The number of carbonyl (C=O) groups is 2. The zero-order valence-corrected chi connectivity index (χ0v) is 44.7. The summed E-state index contributed by atoms with van der Waals surface area (Å²) in [5, 5.41) is -0.158. The number of benzene rings is 2. The third-order valence-corrected chi connectivity index (χ3v) is 16.3. The summed E-state index contributed by atoms with van der Waals surface area (Å²) in [5.74, 6) is 4.76. The van der Waals surface area contributed by atoms with E-state index in [2.05, 4.69) is 192 Å². The molecular weight excluding hydrogens is 807 g/mol. The zero-order chi connectivity index (χ0) is 45.1. The highest BCUT2D eigenvalue weighted by molar-refractivity contribution is 8.77. The van der Waals surface area contributed by atoms with E-state index in [1.165, 1.54) is 27.5 Å². The molecule has 1 aliphatic rings. The summed E-state index contributed by atoms with van der Waals surface area (Å²) in [6, 6.07) is 21.1. The maximum atomic E-state index is 12.1. The molecule has 1 aliphatic heterocycles. The van der Waals surface area contributed by atoms with Gasteiger partial charge < -0.3 is 0 Å². The van der Waals surface area contributed by atoms with E-state index >= 15 is 0 Å². The van der Waals surface area contributed by atoms with E-state index in [4.69, 9.17) is 0 Å². The normalized spacial score (nSPS) is 14.9. The van der Waals surface area contributed by atoms with Crippen molar-refractivity contribution in [3.8, 4) is 0 Å². The largest absolute Gasteiger partial charge is 0.276 e. The number of hydrogen-bond acceptors (Lipinski definition) is 7. The van der Waals surface area contributed by atoms with Crippen molar-refractivity contribution in [2.45, 2.75) is 197 Å². The first-order valence-corrected chi connectivity index (χ1v) is 26.5. The zero-order valence-electron chi connectivity index (χ0n) is 40.6. The summed E-state index contributed by atoms with van der Waals surface area (Å²) in [7, 11) is 7.92. The monoisotopic (exact) mass is 898 g/mol. The van der Waals surface area contributed by atoms with E-state index in [0.717, 1.165) is 11.7 Å². The van der Waals surface area contributed by atoms with Crippen LogP contribution in [0.25, 0.3) is 0 Å². The molecule has 1 fully saturated rings. The fraction of sp³-hybridized carbons (Fsp3) is 0.720. The molecule has 0 bridgehead atoms. The Bertz CT molecular complexity index is 1290. The van der Waals surface area contributed by atoms with Crippen LogP contribution in [0.3, 0.4) is 0 Å². The van der Waals surface area contributed by atoms with Crippen molar-refractivity contribution in [1.29, 1.82) is 0 Å². The summed E-state index contributed by atoms with van der Waals surface area (Å²) in [6.07, 6.45) is 0.369. The summed E-state index contributed by atoms with van der Waals surface area (Å²) in [5.41, 5.74) is 3.46. The molecule has 0 aliphatic carbocycles.